The average molecular weight is 173 g/mol. The van der Waals surface area contributed by atoms with E-state index < -0.39 is 12.6 Å². The van der Waals surface area contributed by atoms with Crippen LogP contribution in [0.15, 0.2) is 10.6 Å². The van der Waals surface area contributed by atoms with Gasteiger partial charge in [-0.25, -0.2) is 9.18 Å². The first-order chi connectivity index (χ1) is 5.77. The molecule has 0 aliphatic carbocycles. The Morgan fingerprint density at radius 1 is 1.83 bits per heavy atom. The molecule has 1 aromatic heterocycles. The van der Waals surface area contributed by atoms with Crippen LogP contribution in [-0.2, 0) is 11.4 Å². The van der Waals surface area contributed by atoms with Gasteiger partial charge in [0.25, 0.3) is 0 Å². The zero-order chi connectivity index (χ0) is 8.97. The van der Waals surface area contributed by atoms with Crippen LogP contribution in [0.1, 0.15) is 23.2 Å². The third-order valence-electron chi connectivity index (χ3n) is 1.18. The molecule has 0 fully saturated rings. The second-order valence-corrected chi connectivity index (χ2v) is 2.03. The number of hydrogen-bond acceptors (Lipinski definition) is 4. The molecule has 0 saturated carbocycles. The number of hydrogen-bond donors (Lipinski definition) is 0. The van der Waals surface area contributed by atoms with Gasteiger partial charge in [-0.3, -0.25) is 0 Å². The fourth-order valence-electron chi connectivity index (χ4n) is 0.677. The second kappa shape index (κ2) is 3.85. The number of aromatic nitrogens is 1. The predicted octanol–water partition coefficient (Wildman–Crippen LogP) is 1.32. The molecule has 12 heavy (non-hydrogen) atoms. The van der Waals surface area contributed by atoms with E-state index in [0.29, 0.717) is 0 Å². The molecule has 1 aromatic rings. The Morgan fingerprint density at radius 3 is 3.08 bits per heavy atom. The largest absolute Gasteiger partial charge is 0.461 e. The molecule has 0 saturated heterocycles. The summed E-state index contributed by atoms with van der Waals surface area (Å²) < 4.78 is 21.0. The number of rotatable bonds is 3. The maximum absolute atomic E-state index is 11.9. The summed E-state index contributed by atoms with van der Waals surface area (Å²) in [5.74, 6) is -0.570. The number of ether oxygens (including phenoxy) is 1. The van der Waals surface area contributed by atoms with Crippen LogP contribution in [0.5, 0.6) is 0 Å². The maximum Gasteiger partial charge on any atom is 0.360 e. The quantitative estimate of drug-likeness (QED) is 0.647. The lowest BCUT2D eigenvalue weighted by Gasteiger charge is -1.94. The van der Waals surface area contributed by atoms with Crippen LogP contribution in [0, 0.1) is 0 Å². The van der Waals surface area contributed by atoms with Gasteiger partial charge in [0.05, 0.1) is 6.61 Å². The van der Waals surface area contributed by atoms with E-state index in [1.807, 2.05) is 0 Å². The van der Waals surface area contributed by atoms with Crippen molar-refractivity contribution >= 4 is 5.97 Å². The first-order valence-corrected chi connectivity index (χ1v) is 3.46. The first-order valence-electron chi connectivity index (χ1n) is 3.46. The van der Waals surface area contributed by atoms with Gasteiger partial charge in [0.15, 0.2) is 11.5 Å². The third-order valence-corrected chi connectivity index (χ3v) is 1.18. The summed E-state index contributed by atoms with van der Waals surface area (Å²) in [7, 11) is 0. The lowest BCUT2D eigenvalue weighted by molar-refractivity contribution is 0.0514. The molecule has 0 amide bonds. The van der Waals surface area contributed by atoms with Crippen molar-refractivity contribution in [2.45, 2.75) is 13.6 Å². The number of halogens is 1. The SMILES string of the molecule is CCOC(=O)c1cc(CF)on1. The molecule has 0 atom stereocenters. The molecule has 0 N–H and O–H groups in total. The van der Waals surface area contributed by atoms with Crippen molar-refractivity contribution in [1.82, 2.24) is 5.16 Å². The molecule has 0 unspecified atom stereocenters. The smallest absolute Gasteiger partial charge is 0.360 e. The van der Waals surface area contributed by atoms with Gasteiger partial charge in [0.2, 0.25) is 0 Å². The molecule has 0 spiro atoms. The van der Waals surface area contributed by atoms with E-state index in [1.165, 1.54) is 6.07 Å². The topological polar surface area (TPSA) is 52.3 Å². The van der Waals surface area contributed by atoms with Gasteiger partial charge in [0, 0.05) is 6.07 Å². The molecule has 5 heteroatoms. The Hall–Kier alpha value is -1.39. The summed E-state index contributed by atoms with van der Waals surface area (Å²) in [6.45, 7) is 1.16. The summed E-state index contributed by atoms with van der Waals surface area (Å²) in [6.07, 6.45) is 0. The fraction of sp³-hybridized carbons (Fsp3) is 0.429. The molecular weight excluding hydrogens is 165 g/mol. The lowest BCUT2D eigenvalue weighted by Crippen LogP contribution is -2.04. The van der Waals surface area contributed by atoms with Crippen molar-refractivity contribution < 1.29 is 18.4 Å². The molecule has 66 valence electrons. The highest BCUT2D eigenvalue weighted by Gasteiger charge is 2.12. The van der Waals surface area contributed by atoms with E-state index in [-0.39, 0.29) is 18.1 Å². The Labute approximate surface area is 68.3 Å². The van der Waals surface area contributed by atoms with Crippen molar-refractivity contribution in [3.8, 4) is 0 Å². The van der Waals surface area contributed by atoms with Gasteiger partial charge >= 0.3 is 5.97 Å². The summed E-state index contributed by atoms with van der Waals surface area (Å²) in [6, 6.07) is 1.22. The number of carbonyl (C=O) groups is 1. The predicted molar refractivity (Wildman–Crippen MR) is 37.3 cm³/mol. The fourth-order valence-corrected chi connectivity index (χ4v) is 0.677. The minimum Gasteiger partial charge on any atom is -0.461 e. The van der Waals surface area contributed by atoms with Crippen LogP contribution < -0.4 is 0 Å². The summed E-state index contributed by atoms with van der Waals surface area (Å²) in [4.78, 5) is 10.9. The summed E-state index contributed by atoms with van der Waals surface area (Å²) in [5.41, 5.74) is 0.00417. The van der Waals surface area contributed by atoms with Crippen molar-refractivity contribution in [2.24, 2.45) is 0 Å². The van der Waals surface area contributed by atoms with Crippen LogP contribution in [-0.4, -0.2) is 17.7 Å². The average Bonchev–Trinajstić information content (AvgIpc) is 2.52. The zero-order valence-corrected chi connectivity index (χ0v) is 6.54. The Balaban J connectivity index is 2.68. The highest BCUT2D eigenvalue weighted by Crippen LogP contribution is 2.05. The standard InChI is InChI=1S/C7H8FNO3/c1-2-11-7(10)6-3-5(4-8)12-9-6/h3H,2,4H2,1H3. The number of nitrogens with zero attached hydrogens (tertiary/aromatic N) is 1. The molecular formula is C7H8FNO3. The van der Waals surface area contributed by atoms with E-state index in [1.54, 1.807) is 6.92 Å². The molecule has 0 aliphatic rings. The minimum absolute atomic E-state index is 0.00417. The van der Waals surface area contributed by atoms with Crippen molar-refractivity contribution in [1.29, 1.82) is 0 Å². The highest BCUT2D eigenvalue weighted by atomic mass is 19.1. The number of alkyl halides is 1. The zero-order valence-electron chi connectivity index (χ0n) is 6.54. The van der Waals surface area contributed by atoms with Gasteiger partial charge in [-0.1, -0.05) is 5.16 Å². The van der Waals surface area contributed by atoms with E-state index in [9.17, 15) is 9.18 Å². The van der Waals surface area contributed by atoms with Gasteiger partial charge < -0.3 is 9.26 Å². The normalized spacial score (nSPS) is 9.83. The van der Waals surface area contributed by atoms with Crippen molar-refractivity contribution in [3.05, 3.63) is 17.5 Å². The maximum atomic E-state index is 11.9. The molecule has 0 bridgehead atoms. The van der Waals surface area contributed by atoms with Gasteiger partial charge in [-0.05, 0) is 6.92 Å². The van der Waals surface area contributed by atoms with Crippen LogP contribution in [0.25, 0.3) is 0 Å². The summed E-state index contributed by atoms with van der Waals surface area (Å²) in [5, 5.41) is 3.32. The van der Waals surface area contributed by atoms with Gasteiger partial charge in [-0.15, -0.1) is 0 Å². The number of carbonyl (C=O) groups excluding carboxylic acids is 1. The van der Waals surface area contributed by atoms with E-state index >= 15 is 0 Å². The summed E-state index contributed by atoms with van der Waals surface area (Å²) >= 11 is 0. The van der Waals surface area contributed by atoms with Crippen molar-refractivity contribution in [2.75, 3.05) is 6.61 Å². The van der Waals surface area contributed by atoms with Gasteiger partial charge in [-0.2, -0.15) is 0 Å². The Bertz CT molecular complexity index is 271. The molecule has 0 aromatic carbocycles. The Morgan fingerprint density at radius 2 is 2.58 bits per heavy atom. The van der Waals surface area contributed by atoms with E-state index in [2.05, 4.69) is 14.4 Å². The van der Waals surface area contributed by atoms with E-state index in [4.69, 9.17) is 0 Å². The van der Waals surface area contributed by atoms with Crippen LogP contribution in [0.4, 0.5) is 4.39 Å². The monoisotopic (exact) mass is 173 g/mol. The first kappa shape index (κ1) is 8.70. The van der Waals surface area contributed by atoms with Crippen LogP contribution >= 0.6 is 0 Å². The molecule has 1 rings (SSSR count). The lowest BCUT2D eigenvalue weighted by atomic mass is 10.4. The minimum atomic E-state index is -0.771. The Kier molecular flexibility index (Phi) is 2.79. The molecule has 0 aliphatic heterocycles. The van der Waals surface area contributed by atoms with Crippen LogP contribution in [0.3, 0.4) is 0 Å². The molecule has 4 nitrogen and oxygen atoms in total. The highest BCUT2D eigenvalue weighted by molar-refractivity contribution is 5.87. The molecule has 1 heterocycles. The second-order valence-electron chi connectivity index (χ2n) is 2.03. The molecule has 0 radical (unpaired) electrons. The third kappa shape index (κ3) is 1.81. The van der Waals surface area contributed by atoms with Crippen LogP contribution in [0.2, 0.25) is 0 Å². The number of esters is 1. The van der Waals surface area contributed by atoms with Gasteiger partial charge in [0.1, 0.15) is 6.67 Å². The van der Waals surface area contributed by atoms with Crippen molar-refractivity contribution in [3.63, 3.8) is 0 Å². The van der Waals surface area contributed by atoms with E-state index in [0.717, 1.165) is 0 Å².